The molecule has 1 atom stereocenters. The van der Waals surface area contributed by atoms with Crippen LogP contribution in [0.5, 0.6) is 23.0 Å². The number of hydrogen-bond donors (Lipinski definition) is 1. The molecule has 0 aromatic heterocycles. The maximum absolute atomic E-state index is 6.64. The Morgan fingerprint density at radius 2 is 1.61 bits per heavy atom. The molecular formula is C27H32N2O4. The average molecular weight is 449 g/mol. The van der Waals surface area contributed by atoms with E-state index in [1.54, 1.807) is 21.3 Å². The lowest BCUT2D eigenvalue weighted by atomic mass is 9.88. The molecule has 3 aromatic carbocycles. The van der Waals surface area contributed by atoms with Crippen LogP contribution in [0.15, 0.2) is 54.6 Å². The molecule has 0 amide bonds. The van der Waals surface area contributed by atoms with Crippen molar-refractivity contribution in [1.29, 1.82) is 0 Å². The molecule has 1 heterocycles. The van der Waals surface area contributed by atoms with Gasteiger partial charge in [0.15, 0.2) is 23.0 Å². The molecule has 6 heteroatoms. The topological polar surface area (TPSA) is 66.2 Å². The molecule has 0 aliphatic carbocycles. The van der Waals surface area contributed by atoms with E-state index in [9.17, 15) is 0 Å². The summed E-state index contributed by atoms with van der Waals surface area (Å²) in [5.74, 6) is 2.73. The summed E-state index contributed by atoms with van der Waals surface area (Å²) in [6.07, 6.45) is 1.71. The third-order valence-electron chi connectivity index (χ3n) is 6.38. The lowest BCUT2D eigenvalue weighted by Gasteiger charge is -2.35. The van der Waals surface area contributed by atoms with Crippen molar-refractivity contribution in [3.8, 4) is 23.0 Å². The van der Waals surface area contributed by atoms with Crippen LogP contribution in [0.25, 0.3) is 0 Å². The van der Waals surface area contributed by atoms with Gasteiger partial charge in [-0.25, -0.2) is 0 Å². The van der Waals surface area contributed by atoms with E-state index in [0.29, 0.717) is 23.8 Å². The maximum atomic E-state index is 6.64. The van der Waals surface area contributed by atoms with Crippen LogP contribution in [0.4, 0.5) is 5.69 Å². The Bertz CT molecular complexity index is 1100. The fourth-order valence-corrected chi connectivity index (χ4v) is 4.47. The molecule has 1 aliphatic rings. The molecule has 6 nitrogen and oxygen atoms in total. The Kier molecular flexibility index (Phi) is 6.94. The van der Waals surface area contributed by atoms with Crippen molar-refractivity contribution in [2.75, 3.05) is 40.7 Å². The summed E-state index contributed by atoms with van der Waals surface area (Å²) in [6.45, 7) is 1.38. The molecule has 4 rings (SSSR count). The summed E-state index contributed by atoms with van der Waals surface area (Å²) < 4.78 is 22.8. The summed E-state index contributed by atoms with van der Waals surface area (Å²) in [7, 11) is 7.13. The zero-order valence-corrected chi connectivity index (χ0v) is 19.8. The van der Waals surface area contributed by atoms with Gasteiger partial charge < -0.3 is 24.7 Å². The second-order valence-electron chi connectivity index (χ2n) is 8.30. The number of likely N-dealkylation sites (N-methyl/N-ethyl adjacent to an activating group) is 1. The van der Waals surface area contributed by atoms with Crippen molar-refractivity contribution in [3.63, 3.8) is 0 Å². The number of ether oxygens (including phenoxy) is 4. The summed E-state index contributed by atoms with van der Waals surface area (Å²) in [4.78, 5) is 2.36. The molecule has 2 N–H and O–H groups in total. The van der Waals surface area contributed by atoms with Crippen molar-refractivity contribution < 1.29 is 18.9 Å². The SMILES string of the molecule is COc1cc2c(cc1OC)C(Cc1ccc(OC)c(OCc3ccccc3)c1N)N(C)CC2. The van der Waals surface area contributed by atoms with Crippen LogP contribution in [-0.4, -0.2) is 39.8 Å². The minimum atomic E-state index is 0.159. The predicted molar refractivity (Wildman–Crippen MR) is 131 cm³/mol. The van der Waals surface area contributed by atoms with Gasteiger partial charge in [-0.2, -0.15) is 0 Å². The van der Waals surface area contributed by atoms with Gasteiger partial charge in [0.2, 0.25) is 0 Å². The first kappa shape index (κ1) is 22.8. The molecule has 1 unspecified atom stereocenters. The minimum Gasteiger partial charge on any atom is -0.493 e. The first-order chi connectivity index (χ1) is 16.0. The van der Waals surface area contributed by atoms with Crippen molar-refractivity contribution in [3.05, 3.63) is 76.9 Å². The Morgan fingerprint density at radius 3 is 2.30 bits per heavy atom. The number of hydrogen-bond acceptors (Lipinski definition) is 6. The number of anilines is 1. The maximum Gasteiger partial charge on any atom is 0.184 e. The van der Waals surface area contributed by atoms with Gasteiger partial charge in [0.25, 0.3) is 0 Å². The summed E-state index contributed by atoms with van der Waals surface area (Å²) in [5.41, 5.74) is 11.9. The van der Waals surface area contributed by atoms with Crippen LogP contribution < -0.4 is 24.7 Å². The highest BCUT2D eigenvalue weighted by Crippen LogP contribution is 2.42. The van der Waals surface area contributed by atoms with Crippen molar-refractivity contribution >= 4 is 5.69 Å². The molecule has 0 radical (unpaired) electrons. The molecule has 0 saturated heterocycles. The predicted octanol–water partition coefficient (Wildman–Crippen LogP) is 4.65. The van der Waals surface area contributed by atoms with E-state index in [0.717, 1.165) is 42.0 Å². The van der Waals surface area contributed by atoms with Crippen LogP contribution in [0, 0.1) is 0 Å². The van der Waals surface area contributed by atoms with Crippen molar-refractivity contribution in [1.82, 2.24) is 4.90 Å². The summed E-state index contributed by atoms with van der Waals surface area (Å²) in [6, 6.07) is 18.4. The second kappa shape index (κ2) is 10.0. The van der Waals surface area contributed by atoms with Crippen LogP contribution in [0.2, 0.25) is 0 Å². The number of fused-ring (bicyclic) bond motifs is 1. The van der Waals surface area contributed by atoms with Crippen LogP contribution in [-0.2, 0) is 19.4 Å². The highest BCUT2D eigenvalue weighted by molar-refractivity contribution is 5.65. The van der Waals surface area contributed by atoms with E-state index in [4.69, 9.17) is 24.7 Å². The fourth-order valence-electron chi connectivity index (χ4n) is 4.47. The summed E-state index contributed by atoms with van der Waals surface area (Å²) >= 11 is 0. The molecule has 174 valence electrons. The lowest BCUT2D eigenvalue weighted by molar-refractivity contribution is 0.227. The molecule has 3 aromatic rings. The Hall–Kier alpha value is -3.38. The second-order valence-corrected chi connectivity index (χ2v) is 8.30. The van der Waals surface area contributed by atoms with E-state index in [1.807, 2.05) is 42.5 Å². The zero-order chi connectivity index (χ0) is 23.4. The first-order valence-corrected chi connectivity index (χ1v) is 11.1. The lowest BCUT2D eigenvalue weighted by Crippen LogP contribution is -2.33. The molecule has 0 saturated carbocycles. The van der Waals surface area contributed by atoms with E-state index < -0.39 is 0 Å². The van der Waals surface area contributed by atoms with Gasteiger partial charge in [-0.3, -0.25) is 4.90 Å². The van der Waals surface area contributed by atoms with Crippen LogP contribution in [0.3, 0.4) is 0 Å². The zero-order valence-electron chi connectivity index (χ0n) is 19.8. The number of methoxy groups -OCH3 is 3. The third kappa shape index (κ3) is 4.71. The first-order valence-electron chi connectivity index (χ1n) is 11.1. The largest absolute Gasteiger partial charge is 0.493 e. The van der Waals surface area contributed by atoms with Gasteiger partial charge in [0, 0.05) is 12.6 Å². The van der Waals surface area contributed by atoms with Crippen molar-refractivity contribution in [2.24, 2.45) is 0 Å². The molecule has 0 fully saturated rings. The van der Waals surface area contributed by atoms with Gasteiger partial charge in [0.1, 0.15) is 6.61 Å². The van der Waals surface area contributed by atoms with E-state index >= 15 is 0 Å². The smallest absolute Gasteiger partial charge is 0.184 e. The minimum absolute atomic E-state index is 0.159. The number of nitrogens with zero attached hydrogens (tertiary/aromatic N) is 1. The normalized spacial score (nSPS) is 15.6. The molecule has 33 heavy (non-hydrogen) atoms. The molecule has 0 bridgehead atoms. The Balaban J connectivity index is 1.65. The number of rotatable bonds is 8. The van der Waals surface area contributed by atoms with Gasteiger partial charge in [0.05, 0.1) is 27.0 Å². The standard InChI is InChI=1S/C27H32N2O4/c1-29-13-12-19-15-24(31-3)25(32-4)16-21(19)22(29)14-20-10-11-23(30-2)27(26(20)28)33-17-18-8-6-5-7-9-18/h5-11,15-16,22H,12-14,17,28H2,1-4H3. The number of nitrogen functional groups attached to an aromatic ring is 1. The summed E-state index contributed by atoms with van der Waals surface area (Å²) in [5, 5.41) is 0. The number of benzene rings is 3. The molecule has 0 spiro atoms. The van der Waals surface area contributed by atoms with Gasteiger partial charge in [-0.05, 0) is 60.3 Å². The van der Waals surface area contributed by atoms with Gasteiger partial charge in [-0.15, -0.1) is 0 Å². The molecular weight excluding hydrogens is 416 g/mol. The fraction of sp³-hybridized carbons (Fsp3) is 0.333. The van der Waals surface area contributed by atoms with Gasteiger partial charge >= 0.3 is 0 Å². The van der Waals surface area contributed by atoms with Crippen molar-refractivity contribution in [2.45, 2.75) is 25.5 Å². The number of nitrogens with two attached hydrogens (primary N) is 1. The van der Waals surface area contributed by atoms with Crippen LogP contribution in [0.1, 0.15) is 28.3 Å². The van der Waals surface area contributed by atoms with Crippen LogP contribution >= 0.6 is 0 Å². The van der Waals surface area contributed by atoms with E-state index in [2.05, 4.69) is 24.1 Å². The molecule has 1 aliphatic heterocycles. The Morgan fingerprint density at radius 1 is 0.909 bits per heavy atom. The average Bonchev–Trinajstić information content (AvgIpc) is 2.85. The highest BCUT2D eigenvalue weighted by atomic mass is 16.5. The van der Waals surface area contributed by atoms with E-state index in [1.165, 1.54) is 11.1 Å². The van der Waals surface area contributed by atoms with E-state index in [-0.39, 0.29) is 6.04 Å². The Labute approximate surface area is 195 Å². The monoisotopic (exact) mass is 448 g/mol. The quantitative estimate of drug-likeness (QED) is 0.506. The highest BCUT2D eigenvalue weighted by Gasteiger charge is 2.28. The third-order valence-corrected chi connectivity index (χ3v) is 6.38. The van der Waals surface area contributed by atoms with Gasteiger partial charge in [-0.1, -0.05) is 36.4 Å².